The Labute approximate surface area is 139 Å². The number of hydrogen-bond donors (Lipinski definition) is 1. The largest absolute Gasteiger partial charge is 0.378 e. The van der Waals surface area contributed by atoms with Crippen LogP contribution < -0.4 is 5.32 Å². The Kier molecular flexibility index (Phi) is 4.81. The summed E-state index contributed by atoms with van der Waals surface area (Å²) in [6.45, 7) is 4.12. The second-order valence-corrected chi connectivity index (χ2v) is 5.46. The SMILES string of the molecule is Cc1ccnc(NC(=O)c2ccc(C(=O)N3CCOCC3)cc2)n1. The molecular weight excluding hydrogens is 308 g/mol. The van der Waals surface area contributed by atoms with Gasteiger partial charge in [0.05, 0.1) is 13.2 Å². The van der Waals surface area contributed by atoms with E-state index in [0.717, 1.165) is 5.69 Å². The first-order chi connectivity index (χ1) is 11.6. The van der Waals surface area contributed by atoms with Crippen molar-refractivity contribution in [3.05, 3.63) is 53.3 Å². The van der Waals surface area contributed by atoms with Crippen LogP contribution >= 0.6 is 0 Å². The molecule has 1 aromatic heterocycles. The van der Waals surface area contributed by atoms with E-state index in [2.05, 4.69) is 15.3 Å². The molecule has 7 nitrogen and oxygen atoms in total. The highest BCUT2D eigenvalue weighted by Crippen LogP contribution is 2.11. The number of morpholine rings is 1. The van der Waals surface area contributed by atoms with Gasteiger partial charge in [-0.05, 0) is 37.3 Å². The van der Waals surface area contributed by atoms with Crippen LogP contribution in [0.5, 0.6) is 0 Å². The van der Waals surface area contributed by atoms with E-state index in [1.807, 2.05) is 6.92 Å². The Morgan fingerprint density at radius 3 is 2.42 bits per heavy atom. The van der Waals surface area contributed by atoms with Crippen LogP contribution in [0.2, 0.25) is 0 Å². The molecule has 1 aliphatic rings. The molecular formula is C17H18N4O3. The minimum absolute atomic E-state index is 0.0488. The summed E-state index contributed by atoms with van der Waals surface area (Å²) in [5.41, 5.74) is 1.77. The number of carbonyl (C=O) groups is 2. The van der Waals surface area contributed by atoms with E-state index in [0.29, 0.717) is 37.4 Å². The third-order valence-electron chi connectivity index (χ3n) is 3.71. The summed E-state index contributed by atoms with van der Waals surface area (Å²) in [7, 11) is 0. The molecule has 0 saturated carbocycles. The predicted octanol–water partition coefficient (Wildman–Crippen LogP) is 1.51. The fourth-order valence-corrected chi connectivity index (χ4v) is 2.40. The van der Waals surface area contributed by atoms with Crippen molar-refractivity contribution in [2.75, 3.05) is 31.6 Å². The first-order valence-corrected chi connectivity index (χ1v) is 7.71. The number of hydrogen-bond acceptors (Lipinski definition) is 5. The normalized spacial score (nSPS) is 14.3. The Balaban J connectivity index is 1.67. The van der Waals surface area contributed by atoms with Crippen LogP contribution in [0.25, 0.3) is 0 Å². The summed E-state index contributed by atoms with van der Waals surface area (Å²) in [4.78, 5) is 34.4. The number of carbonyl (C=O) groups excluding carboxylic acids is 2. The first kappa shape index (κ1) is 16.1. The van der Waals surface area contributed by atoms with Gasteiger partial charge in [-0.25, -0.2) is 9.97 Å². The van der Waals surface area contributed by atoms with Crippen LogP contribution in [0.4, 0.5) is 5.95 Å². The van der Waals surface area contributed by atoms with Gasteiger partial charge in [-0.1, -0.05) is 0 Å². The maximum Gasteiger partial charge on any atom is 0.258 e. The van der Waals surface area contributed by atoms with Gasteiger partial charge in [0.25, 0.3) is 11.8 Å². The minimum Gasteiger partial charge on any atom is -0.378 e. The molecule has 0 unspecified atom stereocenters. The van der Waals surface area contributed by atoms with E-state index in [1.54, 1.807) is 41.4 Å². The summed E-state index contributed by atoms with van der Waals surface area (Å²) in [5, 5.41) is 2.64. The molecule has 0 atom stereocenters. The number of anilines is 1. The zero-order valence-corrected chi connectivity index (χ0v) is 13.4. The van der Waals surface area contributed by atoms with Crippen molar-refractivity contribution in [1.82, 2.24) is 14.9 Å². The van der Waals surface area contributed by atoms with Gasteiger partial charge < -0.3 is 9.64 Å². The second kappa shape index (κ2) is 7.18. The van der Waals surface area contributed by atoms with Crippen LogP contribution in [0.15, 0.2) is 36.5 Å². The van der Waals surface area contributed by atoms with Crippen molar-refractivity contribution >= 4 is 17.8 Å². The Hall–Kier alpha value is -2.80. The van der Waals surface area contributed by atoms with Gasteiger partial charge in [0, 0.05) is 36.1 Å². The van der Waals surface area contributed by atoms with E-state index in [-0.39, 0.29) is 17.8 Å². The molecule has 1 N–H and O–H groups in total. The van der Waals surface area contributed by atoms with Crippen molar-refractivity contribution in [3.8, 4) is 0 Å². The predicted molar refractivity (Wildman–Crippen MR) is 87.9 cm³/mol. The van der Waals surface area contributed by atoms with E-state index < -0.39 is 0 Å². The number of nitrogens with zero attached hydrogens (tertiary/aromatic N) is 3. The number of benzene rings is 1. The number of aromatic nitrogens is 2. The molecule has 0 aliphatic carbocycles. The lowest BCUT2D eigenvalue weighted by atomic mass is 10.1. The lowest BCUT2D eigenvalue weighted by molar-refractivity contribution is 0.0303. The quantitative estimate of drug-likeness (QED) is 0.924. The van der Waals surface area contributed by atoms with Gasteiger partial charge in [0.2, 0.25) is 5.95 Å². The molecule has 1 fully saturated rings. The number of aryl methyl sites for hydroxylation is 1. The average Bonchev–Trinajstić information content (AvgIpc) is 2.62. The zero-order valence-electron chi connectivity index (χ0n) is 13.4. The number of amides is 2. The summed E-state index contributed by atoms with van der Waals surface area (Å²) in [6.07, 6.45) is 1.59. The Bertz CT molecular complexity index is 740. The van der Waals surface area contributed by atoms with E-state index in [1.165, 1.54) is 0 Å². The molecule has 2 heterocycles. The van der Waals surface area contributed by atoms with Gasteiger partial charge in [-0.15, -0.1) is 0 Å². The van der Waals surface area contributed by atoms with E-state index >= 15 is 0 Å². The monoisotopic (exact) mass is 326 g/mol. The van der Waals surface area contributed by atoms with Gasteiger partial charge in [-0.3, -0.25) is 14.9 Å². The summed E-state index contributed by atoms with van der Waals surface area (Å²) < 4.78 is 5.24. The van der Waals surface area contributed by atoms with E-state index in [4.69, 9.17) is 4.74 Å². The smallest absolute Gasteiger partial charge is 0.258 e. The number of rotatable bonds is 3. The second-order valence-electron chi connectivity index (χ2n) is 5.46. The minimum atomic E-state index is -0.314. The number of ether oxygens (including phenoxy) is 1. The molecule has 1 saturated heterocycles. The molecule has 7 heteroatoms. The first-order valence-electron chi connectivity index (χ1n) is 7.71. The van der Waals surface area contributed by atoms with Gasteiger partial charge >= 0.3 is 0 Å². The topological polar surface area (TPSA) is 84.4 Å². The van der Waals surface area contributed by atoms with Crippen LogP contribution in [-0.4, -0.2) is 53.0 Å². The molecule has 1 aromatic carbocycles. The molecule has 124 valence electrons. The van der Waals surface area contributed by atoms with Crippen LogP contribution in [0.3, 0.4) is 0 Å². The third-order valence-corrected chi connectivity index (χ3v) is 3.71. The average molecular weight is 326 g/mol. The molecule has 0 spiro atoms. The zero-order chi connectivity index (χ0) is 16.9. The van der Waals surface area contributed by atoms with Crippen LogP contribution in [0.1, 0.15) is 26.4 Å². The fraction of sp³-hybridized carbons (Fsp3) is 0.294. The highest BCUT2D eigenvalue weighted by atomic mass is 16.5. The Morgan fingerprint density at radius 1 is 1.08 bits per heavy atom. The van der Waals surface area contributed by atoms with Crippen molar-refractivity contribution in [3.63, 3.8) is 0 Å². The van der Waals surface area contributed by atoms with Crippen LogP contribution in [-0.2, 0) is 4.74 Å². The van der Waals surface area contributed by atoms with Crippen molar-refractivity contribution in [2.24, 2.45) is 0 Å². The number of nitrogens with one attached hydrogen (secondary N) is 1. The standard InChI is InChI=1S/C17H18N4O3/c1-12-6-7-18-17(19-12)20-15(22)13-2-4-14(5-3-13)16(23)21-8-10-24-11-9-21/h2-7H,8-11H2,1H3,(H,18,19,20,22). The van der Waals surface area contributed by atoms with Crippen LogP contribution in [0, 0.1) is 6.92 Å². The maximum absolute atomic E-state index is 12.4. The molecule has 1 aliphatic heterocycles. The van der Waals surface area contributed by atoms with Gasteiger partial charge in [-0.2, -0.15) is 0 Å². The summed E-state index contributed by atoms with van der Waals surface area (Å²) in [6, 6.07) is 8.31. The highest BCUT2D eigenvalue weighted by Gasteiger charge is 2.18. The highest BCUT2D eigenvalue weighted by molar-refractivity contribution is 6.04. The Morgan fingerprint density at radius 2 is 1.75 bits per heavy atom. The molecule has 2 amide bonds. The lowest BCUT2D eigenvalue weighted by Crippen LogP contribution is -2.40. The summed E-state index contributed by atoms with van der Waals surface area (Å²) in [5.74, 6) is -0.105. The molecule has 3 rings (SSSR count). The van der Waals surface area contributed by atoms with Gasteiger partial charge in [0.15, 0.2) is 0 Å². The molecule has 0 radical (unpaired) electrons. The molecule has 24 heavy (non-hydrogen) atoms. The van der Waals surface area contributed by atoms with Gasteiger partial charge in [0.1, 0.15) is 0 Å². The lowest BCUT2D eigenvalue weighted by Gasteiger charge is -2.26. The summed E-state index contributed by atoms with van der Waals surface area (Å²) >= 11 is 0. The van der Waals surface area contributed by atoms with Crippen molar-refractivity contribution in [2.45, 2.75) is 6.92 Å². The molecule has 0 bridgehead atoms. The third kappa shape index (κ3) is 3.75. The fourth-order valence-electron chi connectivity index (χ4n) is 2.40. The molecule has 2 aromatic rings. The van der Waals surface area contributed by atoms with E-state index in [9.17, 15) is 9.59 Å². The van der Waals surface area contributed by atoms with Crippen molar-refractivity contribution < 1.29 is 14.3 Å². The maximum atomic E-state index is 12.4. The van der Waals surface area contributed by atoms with Crippen molar-refractivity contribution in [1.29, 1.82) is 0 Å².